The largest absolute Gasteiger partial charge is 0.503 e. The molecule has 0 aliphatic heterocycles. The number of hydrogen-bond acceptors (Lipinski definition) is 5. The van der Waals surface area contributed by atoms with Crippen molar-refractivity contribution in [2.75, 3.05) is 13.7 Å². The summed E-state index contributed by atoms with van der Waals surface area (Å²) < 4.78 is 11.0. The van der Waals surface area contributed by atoms with Crippen LogP contribution in [-0.4, -0.2) is 30.9 Å². The van der Waals surface area contributed by atoms with Gasteiger partial charge in [-0.1, -0.05) is 11.6 Å². The number of rotatable bonds is 6. The van der Waals surface area contributed by atoms with E-state index in [1.807, 2.05) is 13.8 Å². The van der Waals surface area contributed by atoms with Crippen molar-refractivity contribution in [2.24, 2.45) is 5.10 Å². The van der Waals surface area contributed by atoms with Gasteiger partial charge < -0.3 is 14.6 Å². The van der Waals surface area contributed by atoms with E-state index in [-0.39, 0.29) is 12.4 Å². The van der Waals surface area contributed by atoms with Crippen LogP contribution in [0.3, 0.4) is 0 Å². The number of nitrogens with zero attached hydrogens (tertiary/aromatic N) is 1. The molecule has 0 saturated carbocycles. The second-order valence-corrected chi connectivity index (χ2v) is 6.74. The lowest BCUT2D eigenvalue weighted by Crippen LogP contribution is -2.24. The second-order valence-electron chi connectivity index (χ2n) is 5.51. The molecule has 8 heteroatoms. The molecule has 0 spiro atoms. The Morgan fingerprint density at radius 2 is 1.96 bits per heavy atom. The van der Waals surface area contributed by atoms with Gasteiger partial charge in [-0.25, -0.2) is 5.43 Å². The highest BCUT2D eigenvalue weighted by molar-refractivity contribution is 9.10. The molecule has 0 unspecified atom stereocenters. The third-order valence-corrected chi connectivity index (χ3v) is 4.65. The smallest absolute Gasteiger partial charge is 0.277 e. The molecule has 2 aromatic carbocycles. The van der Waals surface area contributed by atoms with Crippen molar-refractivity contribution in [1.82, 2.24) is 5.43 Å². The summed E-state index contributed by atoms with van der Waals surface area (Å²) in [5, 5.41) is 14.3. The summed E-state index contributed by atoms with van der Waals surface area (Å²) in [5.41, 5.74) is 4.77. The number of amides is 1. The van der Waals surface area contributed by atoms with Gasteiger partial charge in [-0.05, 0) is 70.7 Å². The van der Waals surface area contributed by atoms with Gasteiger partial charge in [-0.2, -0.15) is 5.10 Å². The number of halogens is 2. The lowest BCUT2D eigenvalue weighted by Gasteiger charge is -2.09. The van der Waals surface area contributed by atoms with Crippen LogP contribution in [0, 0.1) is 13.8 Å². The van der Waals surface area contributed by atoms with Gasteiger partial charge in [0.25, 0.3) is 5.91 Å². The molecule has 26 heavy (non-hydrogen) atoms. The quantitative estimate of drug-likeness (QED) is 0.525. The van der Waals surface area contributed by atoms with Crippen LogP contribution in [-0.2, 0) is 4.79 Å². The fraction of sp³-hybridized carbons (Fsp3) is 0.222. The Balaban J connectivity index is 1.93. The minimum absolute atomic E-state index is 0.00404. The molecule has 6 nitrogen and oxygen atoms in total. The highest BCUT2D eigenvalue weighted by atomic mass is 79.9. The number of hydrazone groups is 1. The lowest BCUT2D eigenvalue weighted by atomic mass is 10.1. The number of aryl methyl sites for hydroxylation is 2. The first-order valence-corrected chi connectivity index (χ1v) is 8.77. The zero-order valence-corrected chi connectivity index (χ0v) is 16.8. The van der Waals surface area contributed by atoms with Gasteiger partial charge in [0, 0.05) is 5.02 Å². The Bertz CT molecular complexity index is 832. The molecule has 0 aliphatic rings. The Kier molecular flexibility index (Phi) is 6.88. The fourth-order valence-corrected chi connectivity index (χ4v) is 2.74. The molecule has 0 aromatic heterocycles. The van der Waals surface area contributed by atoms with Gasteiger partial charge in [0.05, 0.1) is 17.8 Å². The molecular formula is C18H18BrClN2O4. The molecule has 0 heterocycles. The van der Waals surface area contributed by atoms with Crippen molar-refractivity contribution in [2.45, 2.75) is 13.8 Å². The first-order chi connectivity index (χ1) is 12.3. The van der Waals surface area contributed by atoms with E-state index < -0.39 is 5.91 Å². The first kappa shape index (κ1) is 20.1. The lowest BCUT2D eigenvalue weighted by molar-refractivity contribution is -0.123. The van der Waals surface area contributed by atoms with Crippen LogP contribution in [0.4, 0.5) is 0 Å². The van der Waals surface area contributed by atoms with Crippen LogP contribution in [0.2, 0.25) is 5.02 Å². The molecule has 0 saturated heterocycles. The summed E-state index contributed by atoms with van der Waals surface area (Å²) in [4.78, 5) is 11.8. The average molecular weight is 442 g/mol. The van der Waals surface area contributed by atoms with Crippen LogP contribution >= 0.6 is 27.5 Å². The maximum absolute atomic E-state index is 11.8. The molecule has 138 valence electrons. The number of carbonyl (C=O) groups is 1. The predicted octanol–water partition coefficient (Wildman–Crippen LogP) is 3.96. The SMILES string of the molecule is COc1cc(/C=N\NC(=O)COc2cc(C)c(Cl)c(C)c2)cc(Br)c1O. The van der Waals surface area contributed by atoms with Crippen LogP contribution < -0.4 is 14.9 Å². The Hall–Kier alpha value is -2.25. The van der Waals surface area contributed by atoms with Gasteiger partial charge in [-0.15, -0.1) is 0 Å². The van der Waals surface area contributed by atoms with Gasteiger partial charge in [-0.3, -0.25) is 4.79 Å². The van der Waals surface area contributed by atoms with Crippen molar-refractivity contribution in [3.63, 3.8) is 0 Å². The van der Waals surface area contributed by atoms with Gasteiger partial charge >= 0.3 is 0 Å². The number of methoxy groups -OCH3 is 1. The summed E-state index contributed by atoms with van der Waals surface area (Å²) in [6.45, 7) is 3.56. The van der Waals surface area contributed by atoms with E-state index in [4.69, 9.17) is 21.1 Å². The number of benzene rings is 2. The maximum atomic E-state index is 11.8. The van der Waals surface area contributed by atoms with E-state index in [2.05, 4.69) is 26.5 Å². The Morgan fingerprint density at radius 1 is 1.31 bits per heavy atom. The monoisotopic (exact) mass is 440 g/mol. The molecule has 2 aromatic rings. The summed E-state index contributed by atoms with van der Waals surface area (Å²) in [5.74, 6) is 0.451. The van der Waals surface area contributed by atoms with Crippen LogP contribution in [0.15, 0.2) is 33.8 Å². The van der Waals surface area contributed by atoms with E-state index in [1.54, 1.807) is 24.3 Å². The van der Waals surface area contributed by atoms with Gasteiger partial charge in [0.1, 0.15) is 5.75 Å². The standard InChI is InChI=1S/C18H18BrClN2O4/c1-10-4-13(5-11(2)17(10)20)26-9-16(23)22-21-8-12-6-14(19)18(24)15(7-12)25-3/h4-8,24H,9H2,1-3H3,(H,22,23)/b21-8-. The molecule has 0 aliphatic carbocycles. The molecule has 1 amide bonds. The molecular weight excluding hydrogens is 424 g/mol. The van der Waals surface area contributed by atoms with Gasteiger partial charge in [0.2, 0.25) is 0 Å². The minimum atomic E-state index is -0.406. The van der Waals surface area contributed by atoms with Crippen LogP contribution in [0.25, 0.3) is 0 Å². The highest BCUT2D eigenvalue weighted by Crippen LogP contribution is 2.34. The number of aromatic hydroxyl groups is 1. The van der Waals surface area contributed by atoms with Crippen LogP contribution in [0.1, 0.15) is 16.7 Å². The van der Waals surface area contributed by atoms with Crippen molar-refractivity contribution < 1.29 is 19.4 Å². The Labute approximate surface area is 164 Å². The first-order valence-electron chi connectivity index (χ1n) is 7.59. The number of carbonyl (C=O) groups excluding carboxylic acids is 1. The third-order valence-electron chi connectivity index (χ3n) is 3.45. The van der Waals surface area contributed by atoms with E-state index in [0.717, 1.165) is 11.1 Å². The summed E-state index contributed by atoms with van der Waals surface area (Å²) in [6, 6.07) is 6.77. The highest BCUT2D eigenvalue weighted by Gasteiger charge is 2.08. The van der Waals surface area contributed by atoms with Crippen molar-refractivity contribution in [3.8, 4) is 17.2 Å². The fourth-order valence-electron chi connectivity index (χ4n) is 2.17. The summed E-state index contributed by atoms with van der Waals surface area (Å²) >= 11 is 9.32. The van der Waals surface area contributed by atoms with Crippen molar-refractivity contribution in [1.29, 1.82) is 0 Å². The molecule has 0 atom stereocenters. The third kappa shape index (κ3) is 5.12. The number of nitrogens with one attached hydrogen (secondary N) is 1. The van der Waals surface area contributed by atoms with E-state index >= 15 is 0 Å². The zero-order chi connectivity index (χ0) is 19.3. The number of hydrogen-bond donors (Lipinski definition) is 2. The topological polar surface area (TPSA) is 80.2 Å². The normalized spacial score (nSPS) is 10.8. The van der Waals surface area contributed by atoms with Crippen molar-refractivity contribution in [3.05, 3.63) is 50.5 Å². The Morgan fingerprint density at radius 3 is 2.58 bits per heavy atom. The summed E-state index contributed by atoms with van der Waals surface area (Å²) in [6.07, 6.45) is 1.43. The molecule has 0 fully saturated rings. The minimum Gasteiger partial charge on any atom is -0.503 e. The van der Waals surface area contributed by atoms with Crippen LogP contribution in [0.5, 0.6) is 17.2 Å². The zero-order valence-electron chi connectivity index (χ0n) is 14.5. The average Bonchev–Trinajstić information content (AvgIpc) is 2.60. The summed E-state index contributed by atoms with van der Waals surface area (Å²) in [7, 11) is 1.45. The number of phenols is 1. The second kappa shape index (κ2) is 8.91. The number of phenolic OH excluding ortho intramolecular Hbond substituents is 1. The number of ether oxygens (including phenoxy) is 2. The van der Waals surface area contributed by atoms with E-state index in [9.17, 15) is 9.90 Å². The predicted molar refractivity (Wildman–Crippen MR) is 105 cm³/mol. The molecule has 0 bridgehead atoms. The van der Waals surface area contributed by atoms with Crippen molar-refractivity contribution >= 4 is 39.7 Å². The maximum Gasteiger partial charge on any atom is 0.277 e. The molecule has 2 rings (SSSR count). The van der Waals surface area contributed by atoms with E-state index in [1.165, 1.54) is 13.3 Å². The molecule has 2 N–H and O–H groups in total. The van der Waals surface area contributed by atoms with E-state index in [0.29, 0.717) is 26.6 Å². The van der Waals surface area contributed by atoms with Gasteiger partial charge in [0.15, 0.2) is 18.1 Å². The molecule has 0 radical (unpaired) electrons.